The number of hydrogen-bond donors (Lipinski definition) is 1. The molecular formula is C11H13BrCl2N2O. The Balaban J connectivity index is 0.00000144. The van der Waals surface area contributed by atoms with Crippen molar-refractivity contribution < 1.29 is 4.79 Å². The van der Waals surface area contributed by atoms with Crippen LogP contribution in [0.5, 0.6) is 0 Å². The SMILES string of the molecule is Cl.N[C@H]1CCN(C(=O)c2ccc(Cl)cc2Br)C1. The molecule has 0 bridgehead atoms. The lowest BCUT2D eigenvalue weighted by atomic mass is 10.2. The van der Waals surface area contributed by atoms with Crippen LogP contribution in [0.15, 0.2) is 22.7 Å². The summed E-state index contributed by atoms with van der Waals surface area (Å²) in [5.74, 6) is 0.0106. The molecule has 2 rings (SSSR count). The molecule has 1 aromatic carbocycles. The highest BCUT2D eigenvalue weighted by Gasteiger charge is 2.25. The van der Waals surface area contributed by atoms with Crippen molar-refractivity contribution in [2.75, 3.05) is 13.1 Å². The van der Waals surface area contributed by atoms with Crippen molar-refractivity contribution >= 4 is 45.8 Å². The number of hydrogen-bond acceptors (Lipinski definition) is 2. The van der Waals surface area contributed by atoms with Crippen LogP contribution in [0.1, 0.15) is 16.8 Å². The number of carbonyl (C=O) groups excluding carboxylic acids is 1. The van der Waals surface area contributed by atoms with Gasteiger partial charge in [-0.2, -0.15) is 0 Å². The second-order valence-electron chi connectivity index (χ2n) is 3.92. The molecule has 1 aromatic rings. The quantitative estimate of drug-likeness (QED) is 0.855. The van der Waals surface area contributed by atoms with E-state index in [-0.39, 0.29) is 24.4 Å². The van der Waals surface area contributed by atoms with Crippen molar-refractivity contribution in [2.24, 2.45) is 5.73 Å². The Bertz CT molecular complexity index is 428. The smallest absolute Gasteiger partial charge is 0.255 e. The lowest BCUT2D eigenvalue weighted by Gasteiger charge is -2.16. The van der Waals surface area contributed by atoms with Gasteiger partial charge in [0.1, 0.15) is 0 Å². The maximum Gasteiger partial charge on any atom is 0.255 e. The van der Waals surface area contributed by atoms with E-state index in [1.807, 2.05) is 0 Å². The van der Waals surface area contributed by atoms with E-state index < -0.39 is 0 Å². The van der Waals surface area contributed by atoms with Crippen molar-refractivity contribution in [3.05, 3.63) is 33.3 Å². The summed E-state index contributed by atoms with van der Waals surface area (Å²) in [7, 11) is 0. The molecule has 0 aliphatic carbocycles. The first-order chi connectivity index (χ1) is 7.58. The molecule has 17 heavy (non-hydrogen) atoms. The van der Waals surface area contributed by atoms with Gasteiger partial charge in [-0.05, 0) is 40.5 Å². The van der Waals surface area contributed by atoms with Gasteiger partial charge in [-0.1, -0.05) is 11.6 Å². The Morgan fingerprint density at radius 3 is 2.76 bits per heavy atom. The zero-order valence-corrected chi connectivity index (χ0v) is 12.2. The fourth-order valence-electron chi connectivity index (χ4n) is 1.81. The molecule has 0 aromatic heterocycles. The number of carbonyl (C=O) groups is 1. The number of rotatable bonds is 1. The Hall–Kier alpha value is -0.290. The van der Waals surface area contributed by atoms with E-state index in [0.717, 1.165) is 17.4 Å². The van der Waals surface area contributed by atoms with Gasteiger partial charge in [-0.3, -0.25) is 4.79 Å². The highest BCUT2D eigenvalue weighted by atomic mass is 79.9. The van der Waals surface area contributed by atoms with Crippen molar-refractivity contribution in [1.29, 1.82) is 0 Å². The first-order valence-corrected chi connectivity index (χ1v) is 6.25. The summed E-state index contributed by atoms with van der Waals surface area (Å²) in [5.41, 5.74) is 6.41. The molecule has 0 spiro atoms. The third kappa shape index (κ3) is 3.35. The van der Waals surface area contributed by atoms with Gasteiger partial charge in [0.05, 0.1) is 5.56 Å². The van der Waals surface area contributed by atoms with Crippen LogP contribution in [0.3, 0.4) is 0 Å². The van der Waals surface area contributed by atoms with Gasteiger partial charge in [0.15, 0.2) is 0 Å². The van der Waals surface area contributed by atoms with Crippen LogP contribution in [0.25, 0.3) is 0 Å². The molecule has 1 aliphatic heterocycles. The summed E-state index contributed by atoms with van der Waals surface area (Å²) in [6.45, 7) is 1.36. The fraction of sp³-hybridized carbons (Fsp3) is 0.364. The number of benzene rings is 1. The van der Waals surface area contributed by atoms with Crippen LogP contribution < -0.4 is 5.73 Å². The third-order valence-corrected chi connectivity index (χ3v) is 3.56. The zero-order valence-electron chi connectivity index (χ0n) is 9.03. The third-order valence-electron chi connectivity index (χ3n) is 2.67. The molecule has 1 heterocycles. The Labute approximate surface area is 120 Å². The Morgan fingerprint density at radius 2 is 2.24 bits per heavy atom. The van der Waals surface area contributed by atoms with Gasteiger partial charge in [-0.15, -0.1) is 12.4 Å². The van der Waals surface area contributed by atoms with Crippen LogP contribution in [-0.2, 0) is 0 Å². The number of nitrogens with two attached hydrogens (primary N) is 1. The van der Waals surface area contributed by atoms with Gasteiger partial charge in [-0.25, -0.2) is 0 Å². The van der Waals surface area contributed by atoms with Crippen LogP contribution in [0, 0.1) is 0 Å². The van der Waals surface area contributed by atoms with Crippen molar-refractivity contribution in [1.82, 2.24) is 4.90 Å². The minimum atomic E-state index is 0. The highest BCUT2D eigenvalue weighted by molar-refractivity contribution is 9.10. The zero-order chi connectivity index (χ0) is 11.7. The van der Waals surface area contributed by atoms with E-state index in [0.29, 0.717) is 17.1 Å². The topological polar surface area (TPSA) is 46.3 Å². The maximum atomic E-state index is 12.1. The minimum absolute atomic E-state index is 0. The van der Waals surface area contributed by atoms with Crippen LogP contribution in [-0.4, -0.2) is 29.9 Å². The van der Waals surface area contributed by atoms with Crippen LogP contribution in [0.4, 0.5) is 0 Å². The first-order valence-electron chi connectivity index (χ1n) is 5.08. The predicted octanol–water partition coefficient (Wildman–Crippen LogP) is 2.70. The van der Waals surface area contributed by atoms with Crippen LogP contribution >= 0.6 is 39.9 Å². The molecule has 1 saturated heterocycles. The number of likely N-dealkylation sites (tertiary alicyclic amines) is 1. The highest BCUT2D eigenvalue weighted by Crippen LogP contribution is 2.24. The molecular weight excluding hydrogens is 327 g/mol. The summed E-state index contributed by atoms with van der Waals surface area (Å²) in [6.07, 6.45) is 0.872. The van der Waals surface area contributed by atoms with Gasteiger partial charge in [0.25, 0.3) is 5.91 Å². The van der Waals surface area contributed by atoms with Gasteiger partial charge >= 0.3 is 0 Å². The van der Waals surface area contributed by atoms with E-state index in [1.54, 1.807) is 23.1 Å². The molecule has 6 heteroatoms. The minimum Gasteiger partial charge on any atom is -0.337 e. The largest absolute Gasteiger partial charge is 0.337 e. The molecule has 1 amide bonds. The monoisotopic (exact) mass is 338 g/mol. The molecule has 1 aliphatic rings. The number of nitrogens with zero attached hydrogens (tertiary/aromatic N) is 1. The Morgan fingerprint density at radius 1 is 1.53 bits per heavy atom. The second-order valence-corrected chi connectivity index (χ2v) is 5.21. The summed E-state index contributed by atoms with van der Waals surface area (Å²) in [6, 6.07) is 5.29. The van der Waals surface area contributed by atoms with Crippen molar-refractivity contribution in [3.8, 4) is 0 Å². The van der Waals surface area contributed by atoms with Crippen molar-refractivity contribution in [3.63, 3.8) is 0 Å². The molecule has 1 fully saturated rings. The molecule has 0 unspecified atom stereocenters. The van der Waals surface area contributed by atoms with E-state index in [9.17, 15) is 4.79 Å². The molecule has 94 valence electrons. The van der Waals surface area contributed by atoms with Crippen LogP contribution in [0.2, 0.25) is 5.02 Å². The number of halogens is 3. The van der Waals surface area contributed by atoms with E-state index >= 15 is 0 Å². The summed E-state index contributed by atoms with van der Waals surface area (Å²) in [5, 5.41) is 0.613. The van der Waals surface area contributed by atoms with E-state index in [2.05, 4.69) is 15.9 Å². The van der Waals surface area contributed by atoms with E-state index in [1.165, 1.54) is 0 Å². The predicted molar refractivity (Wildman–Crippen MR) is 74.9 cm³/mol. The maximum absolute atomic E-state index is 12.1. The Kier molecular flexibility index (Phi) is 5.25. The van der Waals surface area contributed by atoms with Gasteiger partial charge in [0, 0.05) is 28.6 Å². The van der Waals surface area contributed by atoms with Crippen molar-refractivity contribution in [2.45, 2.75) is 12.5 Å². The molecule has 1 atom stereocenters. The standard InChI is InChI=1S/C11H12BrClN2O.ClH/c12-10-5-7(13)1-2-9(10)11(16)15-4-3-8(14)6-15;/h1-2,5,8H,3-4,6,14H2;1H/t8-;/m0./s1. The van der Waals surface area contributed by atoms with E-state index in [4.69, 9.17) is 17.3 Å². The molecule has 0 saturated carbocycles. The average molecular weight is 340 g/mol. The number of amides is 1. The van der Waals surface area contributed by atoms with Gasteiger partial charge in [0.2, 0.25) is 0 Å². The van der Waals surface area contributed by atoms with Gasteiger partial charge < -0.3 is 10.6 Å². The second kappa shape index (κ2) is 6.05. The average Bonchev–Trinajstić information content (AvgIpc) is 2.64. The summed E-state index contributed by atoms with van der Waals surface area (Å²) >= 11 is 9.18. The summed E-state index contributed by atoms with van der Waals surface area (Å²) in [4.78, 5) is 13.9. The molecule has 0 radical (unpaired) electrons. The fourth-order valence-corrected chi connectivity index (χ4v) is 2.66. The molecule has 2 N–H and O–H groups in total. The first kappa shape index (κ1) is 14.8. The lowest BCUT2D eigenvalue weighted by molar-refractivity contribution is 0.0790. The lowest BCUT2D eigenvalue weighted by Crippen LogP contribution is -2.32. The summed E-state index contributed by atoms with van der Waals surface area (Å²) < 4.78 is 0.727. The molecule has 3 nitrogen and oxygen atoms in total. The normalized spacial score (nSPS) is 19.0.